The monoisotopic (exact) mass is 240 g/mol. The van der Waals surface area contributed by atoms with Crippen molar-refractivity contribution in [1.82, 2.24) is 0 Å². The Labute approximate surface area is 107 Å². The summed E-state index contributed by atoms with van der Waals surface area (Å²) in [5, 5.41) is 0. The van der Waals surface area contributed by atoms with Gasteiger partial charge < -0.3 is 0 Å². The van der Waals surface area contributed by atoms with Crippen molar-refractivity contribution in [2.24, 2.45) is 0 Å². The van der Waals surface area contributed by atoms with Gasteiger partial charge in [-0.2, -0.15) is 0 Å². The fourth-order valence-electron chi connectivity index (χ4n) is 1.62. The molecular weight excluding hydrogens is 224 g/mol. The third-order valence-corrected chi connectivity index (χ3v) is 3.63. The van der Waals surface area contributed by atoms with Gasteiger partial charge in [0.15, 0.2) is 0 Å². The molecule has 2 aromatic rings. The Morgan fingerprint density at radius 1 is 0.941 bits per heavy atom. The van der Waals surface area contributed by atoms with Crippen LogP contribution in [0, 0.1) is 0 Å². The van der Waals surface area contributed by atoms with Crippen molar-refractivity contribution < 1.29 is 0 Å². The van der Waals surface area contributed by atoms with E-state index in [2.05, 4.69) is 61.2 Å². The normalized spacial score (nSPS) is 10.1. The maximum absolute atomic E-state index is 3.76. The molecule has 0 nitrogen and oxygen atoms in total. The second kappa shape index (κ2) is 6.31. The predicted molar refractivity (Wildman–Crippen MR) is 77.4 cm³/mol. The highest BCUT2D eigenvalue weighted by molar-refractivity contribution is 7.99. The standard InChI is InChI=1S/C16H16S/c1-2-14-8-10-15(11-9-14)12-13-17-16-6-4-3-5-7-16/h2-11H,1,12-13H2. The van der Waals surface area contributed by atoms with Gasteiger partial charge in [-0.25, -0.2) is 0 Å². The minimum Gasteiger partial charge on any atom is -0.126 e. The van der Waals surface area contributed by atoms with Gasteiger partial charge in [0.05, 0.1) is 0 Å². The van der Waals surface area contributed by atoms with Gasteiger partial charge in [0, 0.05) is 10.6 Å². The number of thioether (sulfide) groups is 1. The van der Waals surface area contributed by atoms with Crippen LogP contribution in [0.2, 0.25) is 0 Å². The molecule has 0 aliphatic rings. The Balaban J connectivity index is 1.84. The smallest absolute Gasteiger partial charge is 0.00720 e. The van der Waals surface area contributed by atoms with E-state index in [-0.39, 0.29) is 0 Å². The van der Waals surface area contributed by atoms with E-state index in [1.807, 2.05) is 17.8 Å². The highest BCUT2D eigenvalue weighted by atomic mass is 32.2. The summed E-state index contributed by atoms with van der Waals surface area (Å²) in [5.74, 6) is 1.12. The van der Waals surface area contributed by atoms with Crippen LogP contribution in [0.3, 0.4) is 0 Å². The first-order valence-electron chi connectivity index (χ1n) is 5.78. The lowest BCUT2D eigenvalue weighted by atomic mass is 10.1. The van der Waals surface area contributed by atoms with Crippen LogP contribution in [-0.4, -0.2) is 5.75 Å². The molecule has 0 spiro atoms. The second-order valence-electron chi connectivity index (χ2n) is 3.86. The molecule has 0 aliphatic heterocycles. The third kappa shape index (κ3) is 3.79. The summed E-state index contributed by atoms with van der Waals surface area (Å²) < 4.78 is 0. The molecule has 0 heterocycles. The Morgan fingerprint density at radius 2 is 1.65 bits per heavy atom. The van der Waals surface area contributed by atoms with Gasteiger partial charge in [-0.3, -0.25) is 0 Å². The van der Waals surface area contributed by atoms with Gasteiger partial charge in [-0.1, -0.05) is 55.1 Å². The van der Waals surface area contributed by atoms with Crippen molar-refractivity contribution in [2.45, 2.75) is 11.3 Å². The molecule has 2 aromatic carbocycles. The van der Waals surface area contributed by atoms with E-state index in [1.165, 1.54) is 16.0 Å². The van der Waals surface area contributed by atoms with Crippen molar-refractivity contribution in [3.63, 3.8) is 0 Å². The van der Waals surface area contributed by atoms with Crippen LogP contribution in [-0.2, 0) is 6.42 Å². The molecule has 0 radical (unpaired) electrons. The Kier molecular flexibility index (Phi) is 4.45. The van der Waals surface area contributed by atoms with Gasteiger partial charge in [0.2, 0.25) is 0 Å². The van der Waals surface area contributed by atoms with Crippen molar-refractivity contribution >= 4 is 17.8 Å². The number of benzene rings is 2. The average Bonchev–Trinajstić information content (AvgIpc) is 2.41. The number of hydrogen-bond donors (Lipinski definition) is 0. The van der Waals surface area contributed by atoms with Crippen molar-refractivity contribution in [2.75, 3.05) is 5.75 Å². The first kappa shape index (κ1) is 12.0. The van der Waals surface area contributed by atoms with E-state index < -0.39 is 0 Å². The molecule has 0 amide bonds. The summed E-state index contributed by atoms with van der Waals surface area (Å²) >= 11 is 1.91. The number of rotatable bonds is 5. The van der Waals surface area contributed by atoms with Crippen LogP contribution < -0.4 is 0 Å². The average molecular weight is 240 g/mol. The topological polar surface area (TPSA) is 0 Å². The third-order valence-electron chi connectivity index (χ3n) is 2.62. The molecule has 0 atom stereocenters. The molecule has 86 valence electrons. The molecule has 0 aromatic heterocycles. The summed E-state index contributed by atoms with van der Waals surface area (Å²) in [5.41, 5.74) is 2.57. The first-order valence-corrected chi connectivity index (χ1v) is 6.76. The zero-order chi connectivity index (χ0) is 11.9. The van der Waals surface area contributed by atoms with Crippen LogP contribution >= 0.6 is 11.8 Å². The summed E-state index contributed by atoms with van der Waals surface area (Å²) in [6.07, 6.45) is 2.99. The number of aryl methyl sites for hydroxylation is 1. The first-order chi connectivity index (χ1) is 8.38. The highest BCUT2D eigenvalue weighted by Gasteiger charge is 1.95. The van der Waals surface area contributed by atoms with E-state index >= 15 is 0 Å². The fraction of sp³-hybridized carbons (Fsp3) is 0.125. The highest BCUT2D eigenvalue weighted by Crippen LogP contribution is 2.18. The lowest BCUT2D eigenvalue weighted by Gasteiger charge is -2.02. The summed E-state index contributed by atoms with van der Waals surface area (Å²) in [6.45, 7) is 3.76. The van der Waals surface area contributed by atoms with Crippen LogP contribution in [0.1, 0.15) is 11.1 Å². The van der Waals surface area contributed by atoms with E-state index in [9.17, 15) is 0 Å². The zero-order valence-electron chi connectivity index (χ0n) is 9.80. The molecule has 17 heavy (non-hydrogen) atoms. The molecule has 0 N–H and O–H groups in total. The zero-order valence-corrected chi connectivity index (χ0v) is 10.6. The van der Waals surface area contributed by atoms with Crippen LogP contribution in [0.4, 0.5) is 0 Å². The molecule has 0 unspecified atom stereocenters. The quantitative estimate of drug-likeness (QED) is 0.685. The van der Waals surface area contributed by atoms with Crippen molar-refractivity contribution in [1.29, 1.82) is 0 Å². The van der Waals surface area contributed by atoms with Crippen molar-refractivity contribution in [3.8, 4) is 0 Å². The Morgan fingerprint density at radius 3 is 2.29 bits per heavy atom. The van der Waals surface area contributed by atoms with Crippen LogP contribution in [0.25, 0.3) is 6.08 Å². The maximum atomic E-state index is 3.76. The summed E-state index contributed by atoms with van der Waals surface area (Å²) in [7, 11) is 0. The van der Waals surface area contributed by atoms with Gasteiger partial charge in [0.25, 0.3) is 0 Å². The van der Waals surface area contributed by atoms with Crippen molar-refractivity contribution in [3.05, 3.63) is 72.3 Å². The SMILES string of the molecule is C=Cc1ccc(CCSc2ccccc2)cc1. The maximum Gasteiger partial charge on any atom is 0.00720 e. The molecule has 0 saturated carbocycles. The van der Waals surface area contributed by atoms with Gasteiger partial charge in [0.1, 0.15) is 0 Å². The molecule has 0 fully saturated rings. The van der Waals surface area contributed by atoms with Crippen LogP contribution in [0.15, 0.2) is 66.1 Å². The number of hydrogen-bond acceptors (Lipinski definition) is 1. The Bertz CT molecular complexity index is 457. The summed E-state index contributed by atoms with van der Waals surface area (Å²) in [6, 6.07) is 19.1. The predicted octanol–water partition coefficient (Wildman–Crippen LogP) is 4.66. The lowest BCUT2D eigenvalue weighted by Crippen LogP contribution is -1.88. The Hall–Kier alpha value is -1.47. The van der Waals surface area contributed by atoms with Gasteiger partial charge in [-0.15, -0.1) is 11.8 Å². The van der Waals surface area contributed by atoms with E-state index in [4.69, 9.17) is 0 Å². The van der Waals surface area contributed by atoms with E-state index in [1.54, 1.807) is 0 Å². The fourth-order valence-corrected chi connectivity index (χ4v) is 2.55. The van der Waals surface area contributed by atoms with E-state index in [0.717, 1.165) is 12.2 Å². The van der Waals surface area contributed by atoms with E-state index in [0.29, 0.717) is 0 Å². The van der Waals surface area contributed by atoms with Crippen LogP contribution in [0.5, 0.6) is 0 Å². The largest absolute Gasteiger partial charge is 0.126 e. The molecule has 0 aliphatic carbocycles. The molecular formula is C16H16S. The van der Waals surface area contributed by atoms with Gasteiger partial charge in [-0.05, 0) is 29.7 Å². The lowest BCUT2D eigenvalue weighted by molar-refractivity contribution is 1.15. The molecule has 0 bridgehead atoms. The van der Waals surface area contributed by atoms with Gasteiger partial charge >= 0.3 is 0 Å². The summed E-state index contributed by atoms with van der Waals surface area (Å²) in [4.78, 5) is 1.34. The molecule has 0 saturated heterocycles. The molecule has 2 rings (SSSR count). The second-order valence-corrected chi connectivity index (χ2v) is 5.03. The minimum absolute atomic E-state index is 1.11. The minimum atomic E-state index is 1.11. The molecule has 1 heteroatoms.